The molecule has 0 fully saturated rings. The van der Waals surface area contributed by atoms with Gasteiger partial charge in [0.25, 0.3) is 5.91 Å². The van der Waals surface area contributed by atoms with Gasteiger partial charge in [-0.3, -0.25) is 9.59 Å². The van der Waals surface area contributed by atoms with Crippen LogP contribution in [0.4, 0.5) is 0 Å². The number of hydrogen-bond acceptors (Lipinski definition) is 5. The summed E-state index contributed by atoms with van der Waals surface area (Å²) in [5, 5.41) is 4.23. The standard InChI is InChI=1S/C20H16N2O3S/c1-12-6-7-16-13(10-12)15(23)11-17(25-16)20(24)21-9-8-19-22-14-4-2-3-5-18(14)26-19/h2-7,10-11H,8-9H2,1H3,(H,21,24). The highest BCUT2D eigenvalue weighted by Gasteiger charge is 2.12. The van der Waals surface area contributed by atoms with Gasteiger partial charge in [0.15, 0.2) is 11.2 Å². The summed E-state index contributed by atoms with van der Waals surface area (Å²) in [5.74, 6) is -0.374. The summed E-state index contributed by atoms with van der Waals surface area (Å²) in [7, 11) is 0. The van der Waals surface area contributed by atoms with Gasteiger partial charge in [-0.1, -0.05) is 23.8 Å². The summed E-state index contributed by atoms with van der Waals surface area (Å²) in [6.07, 6.45) is 0.627. The van der Waals surface area contributed by atoms with Crippen molar-refractivity contribution in [3.05, 3.63) is 75.1 Å². The van der Waals surface area contributed by atoms with Crippen LogP contribution in [0.3, 0.4) is 0 Å². The van der Waals surface area contributed by atoms with Crippen LogP contribution in [-0.4, -0.2) is 17.4 Å². The number of fused-ring (bicyclic) bond motifs is 2. The lowest BCUT2D eigenvalue weighted by atomic mass is 10.1. The largest absolute Gasteiger partial charge is 0.451 e. The molecule has 6 heteroatoms. The fraction of sp³-hybridized carbons (Fsp3) is 0.150. The summed E-state index contributed by atoms with van der Waals surface area (Å²) in [4.78, 5) is 29.1. The van der Waals surface area contributed by atoms with Gasteiger partial charge >= 0.3 is 0 Å². The molecule has 0 saturated carbocycles. The minimum Gasteiger partial charge on any atom is -0.451 e. The Balaban J connectivity index is 1.47. The Morgan fingerprint density at radius 1 is 1.19 bits per heavy atom. The van der Waals surface area contributed by atoms with Crippen molar-refractivity contribution in [2.75, 3.05) is 6.54 Å². The maximum atomic E-state index is 12.3. The van der Waals surface area contributed by atoms with Crippen LogP contribution >= 0.6 is 11.3 Å². The molecule has 0 aliphatic heterocycles. The van der Waals surface area contributed by atoms with Gasteiger partial charge in [-0.15, -0.1) is 11.3 Å². The van der Waals surface area contributed by atoms with Crippen molar-refractivity contribution in [3.63, 3.8) is 0 Å². The quantitative estimate of drug-likeness (QED) is 0.599. The Kier molecular flexibility index (Phi) is 4.26. The van der Waals surface area contributed by atoms with Crippen LogP contribution < -0.4 is 10.7 Å². The lowest BCUT2D eigenvalue weighted by Crippen LogP contribution is -2.26. The highest BCUT2D eigenvalue weighted by Crippen LogP contribution is 2.21. The normalized spacial score (nSPS) is 11.1. The minimum atomic E-state index is -0.398. The third kappa shape index (κ3) is 3.23. The van der Waals surface area contributed by atoms with Gasteiger partial charge in [0.1, 0.15) is 5.58 Å². The molecular formula is C20H16N2O3S. The molecule has 0 spiro atoms. The van der Waals surface area contributed by atoms with Crippen molar-refractivity contribution in [2.24, 2.45) is 0 Å². The lowest BCUT2D eigenvalue weighted by Gasteiger charge is -2.05. The first kappa shape index (κ1) is 16.5. The Labute approximate surface area is 153 Å². The molecule has 4 rings (SSSR count). The number of carbonyl (C=O) groups excluding carboxylic acids is 1. The van der Waals surface area contributed by atoms with Gasteiger partial charge in [0.2, 0.25) is 0 Å². The number of carbonyl (C=O) groups is 1. The Morgan fingerprint density at radius 3 is 2.88 bits per heavy atom. The van der Waals surface area contributed by atoms with E-state index in [0.717, 1.165) is 20.8 Å². The minimum absolute atomic E-state index is 0.0238. The fourth-order valence-corrected chi connectivity index (χ4v) is 3.75. The first-order valence-corrected chi connectivity index (χ1v) is 9.09. The third-order valence-corrected chi connectivity index (χ3v) is 5.17. The molecule has 0 unspecified atom stereocenters. The molecule has 4 aromatic rings. The first-order chi connectivity index (χ1) is 12.6. The number of rotatable bonds is 4. The van der Waals surface area contributed by atoms with E-state index in [1.807, 2.05) is 37.3 Å². The number of benzene rings is 2. The van der Waals surface area contributed by atoms with Crippen LogP contribution in [0.5, 0.6) is 0 Å². The lowest BCUT2D eigenvalue weighted by molar-refractivity contribution is 0.0927. The van der Waals surface area contributed by atoms with Crippen molar-refractivity contribution in [3.8, 4) is 0 Å². The summed E-state index contributed by atoms with van der Waals surface area (Å²) in [6.45, 7) is 2.33. The molecule has 0 atom stereocenters. The summed E-state index contributed by atoms with van der Waals surface area (Å²) in [6, 6.07) is 14.5. The van der Waals surface area contributed by atoms with E-state index < -0.39 is 5.91 Å². The van der Waals surface area contributed by atoms with Gasteiger partial charge in [-0.05, 0) is 31.2 Å². The Hall–Kier alpha value is -2.99. The molecule has 5 nitrogen and oxygen atoms in total. The topological polar surface area (TPSA) is 72.2 Å². The number of hydrogen-bond donors (Lipinski definition) is 1. The second-order valence-electron chi connectivity index (χ2n) is 6.06. The zero-order chi connectivity index (χ0) is 18.1. The van der Waals surface area contributed by atoms with E-state index in [9.17, 15) is 9.59 Å². The van der Waals surface area contributed by atoms with Gasteiger partial charge in [0, 0.05) is 19.0 Å². The first-order valence-electron chi connectivity index (χ1n) is 8.27. The molecule has 1 N–H and O–H groups in total. The highest BCUT2D eigenvalue weighted by atomic mass is 32.1. The predicted molar refractivity (Wildman–Crippen MR) is 103 cm³/mol. The Morgan fingerprint density at radius 2 is 2.04 bits per heavy atom. The van der Waals surface area contributed by atoms with Crippen molar-refractivity contribution in [1.29, 1.82) is 0 Å². The molecule has 1 amide bonds. The number of thiazole rings is 1. The molecule has 26 heavy (non-hydrogen) atoms. The van der Waals surface area contributed by atoms with Gasteiger partial charge in [-0.25, -0.2) is 4.98 Å². The van der Waals surface area contributed by atoms with Crippen molar-refractivity contribution >= 4 is 38.4 Å². The van der Waals surface area contributed by atoms with Crippen molar-refractivity contribution in [1.82, 2.24) is 10.3 Å². The number of amides is 1. The number of aryl methyl sites for hydroxylation is 1. The van der Waals surface area contributed by atoms with E-state index in [1.165, 1.54) is 6.07 Å². The zero-order valence-corrected chi connectivity index (χ0v) is 14.9. The van der Waals surface area contributed by atoms with Crippen LogP contribution in [0.25, 0.3) is 21.2 Å². The molecule has 0 aliphatic rings. The van der Waals surface area contributed by atoms with Crippen LogP contribution in [0, 0.1) is 6.92 Å². The predicted octanol–water partition coefficient (Wildman–Crippen LogP) is 3.68. The third-order valence-electron chi connectivity index (χ3n) is 4.07. The molecular weight excluding hydrogens is 348 g/mol. The van der Waals surface area contributed by atoms with Crippen LogP contribution in [-0.2, 0) is 6.42 Å². The molecule has 0 saturated heterocycles. The van der Waals surface area contributed by atoms with Gasteiger partial charge < -0.3 is 9.73 Å². The zero-order valence-electron chi connectivity index (χ0n) is 14.1. The molecule has 2 heterocycles. The van der Waals surface area contributed by atoms with Gasteiger partial charge in [0.05, 0.1) is 20.6 Å². The molecule has 2 aromatic heterocycles. The maximum Gasteiger partial charge on any atom is 0.287 e. The van der Waals surface area contributed by atoms with E-state index in [-0.39, 0.29) is 11.2 Å². The summed E-state index contributed by atoms with van der Waals surface area (Å²) < 4.78 is 6.71. The molecule has 2 aromatic carbocycles. The van der Waals surface area contributed by atoms with E-state index >= 15 is 0 Å². The van der Waals surface area contributed by atoms with Crippen molar-refractivity contribution in [2.45, 2.75) is 13.3 Å². The number of nitrogens with zero attached hydrogens (tertiary/aromatic N) is 1. The maximum absolute atomic E-state index is 12.3. The number of para-hydroxylation sites is 1. The summed E-state index contributed by atoms with van der Waals surface area (Å²) >= 11 is 1.61. The second kappa shape index (κ2) is 6.72. The molecule has 130 valence electrons. The smallest absolute Gasteiger partial charge is 0.287 e. The SMILES string of the molecule is Cc1ccc2oc(C(=O)NCCc3nc4ccccc4s3)cc(=O)c2c1. The molecule has 0 bridgehead atoms. The second-order valence-corrected chi connectivity index (χ2v) is 7.17. The van der Waals surface area contributed by atoms with Crippen LogP contribution in [0.1, 0.15) is 21.1 Å². The highest BCUT2D eigenvalue weighted by molar-refractivity contribution is 7.18. The van der Waals surface area contributed by atoms with Crippen LogP contribution in [0.15, 0.2) is 57.7 Å². The molecule has 0 radical (unpaired) electrons. The van der Waals surface area contributed by atoms with E-state index in [1.54, 1.807) is 23.5 Å². The summed E-state index contributed by atoms with van der Waals surface area (Å²) in [5.41, 5.74) is 2.14. The Bertz CT molecular complexity index is 1140. The monoisotopic (exact) mass is 364 g/mol. The average Bonchev–Trinajstić information content (AvgIpc) is 3.05. The van der Waals surface area contributed by atoms with E-state index in [4.69, 9.17) is 4.42 Å². The van der Waals surface area contributed by atoms with E-state index in [2.05, 4.69) is 10.3 Å². The molecule has 0 aliphatic carbocycles. The number of aromatic nitrogens is 1. The average molecular weight is 364 g/mol. The van der Waals surface area contributed by atoms with E-state index in [0.29, 0.717) is 23.9 Å². The van der Waals surface area contributed by atoms with Gasteiger partial charge in [-0.2, -0.15) is 0 Å². The fourth-order valence-electron chi connectivity index (χ4n) is 2.78. The van der Waals surface area contributed by atoms with Crippen LogP contribution in [0.2, 0.25) is 0 Å². The van der Waals surface area contributed by atoms with Crippen molar-refractivity contribution < 1.29 is 9.21 Å². The number of nitrogens with one attached hydrogen (secondary N) is 1.